The van der Waals surface area contributed by atoms with E-state index in [0.29, 0.717) is 6.54 Å². The van der Waals surface area contributed by atoms with E-state index in [1.165, 1.54) is 0 Å². The van der Waals surface area contributed by atoms with Crippen LogP contribution in [0.2, 0.25) is 0 Å². The second-order valence-electron chi connectivity index (χ2n) is 4.89. The summed E-state index contributed by atoms with van der Waals surface area (Å²) in [7, 11) is 0. The molecule has 1 aromatic rings. The predicted octanol–water partition coefficient (Wildman–Crippen LogP) is 1.82. The number of alkyl halides is 3. The van der Waals surface area contributed by atoms with Crippen LogP contribution in [-0.2, 0) is 10.9 Å². The van der Waals surface area contributed by atoms with Crippen LogP contribution in [0.25, 0.3) is 0 Å². The summed E-state index contributed by atoms with van der Waals surface area (Å²) in [4.78, 5) is 5.57. The number of nitrogens with zero attached hydrogens (tertiary/aromatic N) is 2. The number of hydrogen-bond donors (Lipinski definition) is 2. The van der Waals surface area contributed by atoms with Crippen LogP contribution in [0.3, 0.4) is 0 Å². The van der Waals surface area contributed by atoms with E-state index < -0.39 is 11.9 Å². The van der Waals surface area contributed by atoms with Gasteiger partial charge in [0, 0.05) is 19.6 Å². The second kappa shape index (κ2) is 6.95. The molecular weight excluding hydrogens is 285 g/mol. The maximum Gasteiger partial charge on any atom is 0.433 e. The molecule has 3 N–H and O–H groups in total. The molecule has 0 aromatic carbocycles. The third-order valence-electron chi connectivity index (χ3n) is 3.30. The smallest absolute Gasteiger partial charge is 0.396 e. The molecule has 0 saturated carbocycles. The zero-order valence-corrected chi connectivity index (χ0v) is 11.6. The van der Waals surface area contributed by atoms with Crippen LogP contribution in [-0.4, -0.2) is 49.3 Å². The Balaban J connectivity index is 1.82. The number of aromatic nitrogens is 1. The summed E-state index contributed by atoms with van der Waals surface area (Å²) in [5, 5.41) is 2.94. The average molecular weight is 304 g/mol. The molecule has 1 saturated heterocycles. The molecular formula is C13H19F3N4O. The number of rotatable bonds is 5. The molecule has 0 radical (unpaired) electrons. The molecule has 0 spiro atoms. The zero-order valence-electron chi connectivity index (χ0n) is 11.6. The van der Waals surface area contributed by atoms with Gasteiger partial charge in [0.1, 0.15) is 5.69 Å². The number of nitrogens with two attached hydrogens (primary N) is 1. The van der Waals surface area contributed by atoms with Gasteiger partial charge in [0.25, 0.3) is 0 Å². The van der Waals surface area contributed by atoms with Crippen LogP contribution in [0.4, 0.5) is 24.5 Å². The SMILES string of the molecule is Nc1cnc(C(F)(F)F)cc1NCCCN1CCOCC1. The van der Waals surface area contributed by atoms with Crippen molar-refractivity contribution in [1.82, 2.24) is 9.88 Å². The van der Waals surface area contributed by atoms with Crippen molar-refractivity contribution in [3.63, 3.8) is 0 Å². The molecule has 0 unspecified atom stereocenters. The van der Waals surface area contributed by atoms with Crippen LogP contribution in [0.1, 0.15) is 12.1 Å². The Bertz CT molecular complexity index is 461. The molecule has 2 heterocycles. The van der Waals surface area contributed by atoms with Crippen molar-refractivity contribution in [3.8, 4) is 0 Å². The van der Waals surface area contributed by atoms with E-state index in [1.807, 2.05) is 0 Å². The number of ether oxygens (including phenoxy) is 1. The second-order valence-corrected chi connectivity index (χ2v) is 4.89. The van der Waals surface area contributed by atoms with Gasteiger partial charge in [-0.3, -0.25) is 4.90 Å². The average Bonchev–Trinajstić information content (AvgIpc) is 2.45. The van der Waals surface area contributed by atoms with Gasteiger partial charge < -0.3 is 15.8 Å². The molecule has 1 aliphatic rings. The summed E-state index contributed by atoms with van der Waals surface area (Å²) < 4.78 is 43.0. The van der Waals surface area contributed by atoms with Gasteiger partial charge in [-0.15, -0.1) is 0 Å². The van der Waals surface area contributed by atoms with Gasteiger partial charge in [-0.2, -0.15) is 13.2 Å². The molecule has 0 bridgehead atoms. The molecule has 21 heavy (non-hydrogen) atoms. The number of hydrogen-bond acceptors (Lipinski definition) is 5. The van der Waals surface area contributed by atoms with Crippen molar-refractivity contribution in [2.45, 2.75) is 12.6 Å². The number of nitrogens with one attached hydrogen (secondary N) is 1. The number of halogens is 3. The van der Waals surface area contributed by atoms with Crippen LogP contribution in [0, 0.1) is 0 Å². The van der Waals surface area contributed by atoms with Crippen LogP contribution in [0.15, 0.2) is 12.3 Å². The Labute approximate surface area is 121 Å². The highest BCUT2D eigenvalue weighted by Crippen LogP contribution is 2.30. The van der Waals surface area contributed by atoms with E-state index >= 15 is 0 Å². The normalized spacial score (nSPS) is 16.9. The van der Waals surface area contributed by atoms with Crippen molar-refractivity contribution in [1.29, 1.82) is 0 Å². The van der Waals surface area contributed by atoms with Gasteiger partial charge in [-0.1, -0.05) is 0 Å². The Morgan fingerprint density at radius 3 is 2.71 bits per heavy atom. The minimum absolute atomic E-state index is 0.217. The first-order valence-electron chi connectivity index (χ1n) is 6.83. The lowest BCUT2D eigenvalue weighted by molar-refractivity contribution is -0.141. The number of morpholine rings is 1. The molecule has 5 nitrogen and oxygen atoms in total. The highest BCUT2D eigenvalue weighted by atomic mass is 19.4. The molecule has 118 valence electrons. The van der Waals surface area contributed by atoms with Gasteiger partial charge in [0.15, 0.2) is 0 Å². The van der Waals surface area contributed by atoms with E-state index in [-0.39, 0.29) is 11.4 Å². The quantitative estimate of drug-likeness (QED) is 0.812. The topological polar surface area (TPSA) is 63.4 Å². The number of anilines is 2. The van der Waals surface area contributed by atoms with Gasteiger partial charge in [-0.05, 0) is 19.0 Å². The number of pyridine rings is 1. The van der Waals surface area contributed by atoms with Crippen LogP contribution in [0.5, 0.6) is 0 Å². The third kappa shape index (κ3) is 4.75. The monoisotopic (exact) mass is 304 g/mol. The van der Waals surface area contributed by atoms with Crippen LogP contribution < -0.4 is 11.1 Å². The Kier molecular flexibility index (Phi) is 5.24. The largest absolute Gasteiger partial charge is 0.433 e. The highest BCUT2D eigenvalue weighted by molar-refractivity contribution is 5.65. The lowest BCUT2D eigenvalue weighted by Crippen LogP contribution is -2.37. The fourth-order valence-electron chi connectivity index (χ4n) is 2.12. The molecule has 0 atom stereocenters. The minimum Gasteiger partial charge on any atom is -0.396 e. The van der Waals surface area contributed by atoms with Crippen molar-refractivity contribution in [2.75, 3.05) is 50.4 Å². The summed E-state index contributed by atoms with van der Waals surface area (Å²) in [6.07, 6.45) is -2.60. The predicted molar refractivity (Wildman–Crippen MR) is 74.0 cm³/mol. The van der Waals surface area contributed by atoms with Gasteiger partial charge in [0.2, 0.25) is 0 Å². The van der Waals surface area contributed by atoms with Gasteiger partial charge in [-0.25, -0.2) is 4.98 Å². The molecule has 8 heteroatoms. The lowest BCUT2D eigenvalue weighted by atomic mass is 10.2. The number of nitrogen functional groups attached to an aromatic ring is 1. The molecule has 1 aromatic heterocycles. The van der Waals surface area contributed by atoms with E-state index in [4.69, 9.17) is 10.5 Å². The first-order valence-corrected chi connectivity index (χ1v) is 6.83. The first-order chi connectivity index (χ1) is 9.97. The fraction of sp³-hybridized carbons (Fsp3) is 0.615. The van der Waals surface area contributed by atoms with E-state index in [0.717, 1.165) is 51.5 Å². The summed E-state index contributed by atoms with van der Waals surface area (Å²) in [6, 6.07) is 0.948. The third-order valence-corrected chi connectivity index (χ3v) is 3.30. The van der Waals surface area contributed by atoms with Crippen LogP contribution >= 0.6 is 0 Å². The molecule has 1 aliphatic heterocycles. The maximum atomic E-state index is 12.6. The maximum absolute atomic E-state index is 12.6. The van der Waals surface area contributed by atoms with Crippen molar-refractivity contribution in [2.24, 2.45) is 0 Å². The van der Waals surface area contributed by atoms with E-state index in [2.05, 4.69) is 15.2 Å². The highest BCUT2D eigenvalue weighted by Gasteiger charge is 2.32. The van der Waals surface area contributed by atoms with Crippen molar-refractivity contribution < 1.29 is 17.9 Å². The standard InChI is InChI=1S/C13H19F3N4O/c14-13(15,16)12-8-11(10(17)9-19-12)18-2-1-3-20-4-6-21-7-5-20/h8-9H,1-7,17H2,(H,18,19). The lowest BCUT2D eigenvalue weighted by Gasteiger charge is -2.26. The first kappa shape index (κ1) is 15.8. The molecule has 0 amide bonds. The summed E-state index contributed by atoms with van der Waals surface area (Å²) in [6.45, 7) is 4.71. The van der Waals surface area contributed by atoms with Crippen molar-refractivity contribution >= 4 is 11.4 Å². The Hall–Kier alpha value is -1.54. The molecule has 2 rings (SSSR count). The van der Waals surface area contributed by atoms with Crippen molar-refractivity contribution in [3.05, 3.63) is 18.0 Å². The van der Waals surface area contributed by atoms with E-state index in [9.17, 15) is 13.2 Å². The van der Waals surface area contributed by atoms with E-state index in [1.54, 1.807) is 0 Å². The summed E-state index contributed by atoms with van der Waals surface area (Å²) in [5.41, 5.74) is 5.19. The fourth-order valence-corrected chi connectivity index (χ4v) is 2.12. The Morgan fingerprint density at radius 1 is 1.33 bits per heavy atom. The zero-order chi connectivity index (χ0) is 15.3. The minimum atomic E-state index is -4.46. The van der Waals surface area contributed by atoms with Gasteiger partial charge >= 0.3 is 6.18 Å². The van der Waals surface area contributed by atoms with Gasteiger partial charge in [0.05, 0.1) is 30.8 Å². The molecule has 0 aliphatic carbocycles. The molecule has 1 fully saturated rings. The summed E-state index contributed by atoms with van der Waals surface area (Å²) in [5.74, 6) is 0. The summed E-state index contributed by atoms with van der Waals surface area (Å²) >= 11 is 0. The Morgan fingerprint density at radius 2 is 2.05 bits per heavy atom.